The van der Waals surface area contributed by atoms with E-state index in [-0.39, 0.29) is 11.8 Å². The largest absolute Gasteiger partial charge is 0.497 e. The molecule has 2 N–H and O–H groups in total. The van der Waals surface area contributed by atoms with E-state index in [1.807, 2.05) is 18.2 Å². The molecule has 3 heterocycles. The lowest BCUT2D eigenvalue weighted by molar-refractivity contribution is -0.141. The van der Waals surface area contributed by atoms with Crippen LogP contribution in [0.3, 0.4) is 0 Å². The Hall–Kier alpha value is -2.19. The average Bonchev–Trinajstić information content (AvgIpc) is 3.36. The fraction of sp³-hybridized carbons (Fsp3) is 0.481. The van der Waals surface area contributed by atoms with Gasteiger partial charge in [-0.2, -0.15) is 11.3 Å². The number of aromatic nitrogens is 1. The second-order valence-corrected chi connectivity index (χ2v) is 10.8. The summed E-state index contributed by atoms with van der Waals surface area (Å²) in [5.41, 5.74) is 2.44. The van der Waals surface area contributed by atoms with Crippen LogP contribution in [0.4, 0.5) is 0 Å². The minimum Gasteiger partial charge on any atom is -0.497 e. The minimum atomic E-state index is -0.811. The van der Waals surface area contributed by atoms with Crippen LogP contribution in [-0.4, -0.2) is 52.8 Å². The lowest BCUT2D eigenvalue weighted by atomic mass is 9.71. The van der Waals surface area contributed by atoms with E-state index in [1.54, 1.807) is 24.6 Å². The first-order valence-electron chi connectivity index (χ1n) is 12.1. The number of aliphatic hydroxyl groups is 1. The Morgan fingerprint density at radius 1 is 1.31 bits per heavy atom. The van der Waals surface area contributed by atoms with Gasteiger partial charge in [0, 0.05) is 17.1 Å². The van der Waals surface area contributed by atoms with E-state index in [0.717, 1.165) is 56.2 Å². The molecule has 0 unspecified atom stereocenters. The molecular formula is C27H33ClN2O4S. The van der Waals surface area contributed by atoms with Crippen molar-refractivity contribution in [3.8, 4) is 5.75 Å². The van der Waals surface area contributed by atoms with Gasteiger partial charge in [-0.1, -0.05) is 11.6 Å². The number of methoxy groups -OCH3 is 1. The van der Waals surface area contributed by atoms with E-state index in [4.69, 9.17) is 16.3 Å². The first-order chi connectivity index (χ1) is 16.9. The molecule has 2 aromatic heterocycles. The molecule has 0 radical (unpaired) electrons. The number of hydrogen-bond donors (Lipinski definition) is 2. The van der Waals surface area contributed by atoms with E-state index in [2.05, 4.69) is 26.7 Å². The van der Waals surface area contributed by atoms with E-state index in [9.17, 15) is 15.0 Å². The van der Waals surface area contributed by atoms with E-state index in [0.29, 0.717) is 29.2 Å². The van der Waals surface area contributed by atoms with Gasteiger partial charge in [-0.15, -0.1) is 0 Å². The zero-order valence-corrected chi connectivity index (χ0v) is 21.7. The number of thiophene rings is 1. The van der Waals surface area contributed by atoms with Gasteiger partial charge in [0.15, 0.2) is 0 Å². The van der Waals surface area contributed by atoms with Gasteiger partial charge >= 0.3 is 5.97 Å². The van der Waals surface area contributed by atoms with Crippen molar-refractivity contribution in [2.45, 2.75) is 51.0 Å². The number of aliphatic carboxylic acids is 1. The maximum atomic E-state index is 11.8. The number of aliphatic hydroxyl groups excluding tert-OH is 1. The molecule has 0 aliphatic carbocycles. The van der Waals surface area contributed by atoms with Gasteiger partial charge in [0.2, 0.25) is 0 Å². The third-order valence-corrected chi connectivity index (χ3v) is 8.35. The second-order valence-electron chi connectivity index (χ2n) is 9.60. The van der Waals surface area contributed by atoms with Crippen LogP contribution in [0.1, 0.15) is 55.8 Å². The van der Waals surface area contributed by atoms with Crippen molar-refractivity contribution < 1.29 is 19.7 Å². The Bertz CT molecular complexity index is 1130. The van der Waals surface area contributed by atoms with Crippen LogP contribution in [0, 0.1) is 5.41 Å². The summed E-state index contributed by atoms with van der Waals surface area (Å²) >= 11 is 8.21. The summed E-state index contributed by atoms with van der Waals surface area (Å²) in [7, 11) is 1.60. The minimum absolute atomic E-state index is 0.126. The molecule has 1 aromatic carbocycles. The molecule has 3 aromatic rings. The summed E-state index contributed by atoms with van der Waals surface area (Å²) in [5.74, 6) is -0.105. The van der Waals surface area contributed by atoms with Crippen molar-refractivity contribution in [1.29, 1.82) is 0 Å². The number of likely N-dealkylation sites (tertiary alicyclic amines) is 1. The van der Waals surface area contributed by atoms with Gasteiger partial charge in [-0.25, -0.2) is 0 Å². The van der Waals surface area contributed by atoms with Crippen molar-refractivity contribution in [2.24, 2.45) is 5.41 Å². The lowest BCUT2D eigenvalue weighted by Crippen LogP contribution is -2.41. The molecule has 1 aliphatic heterocycles. The van der Waals surface area contributed by atoms with Crippen LogP contribution in [-0.2, 0) is 11.2 Å². The van der Waals surface area contributed by atoms with Crippen molar-refractivity contribution in [2.75, 3.05) is 26.7 Å². The number of carboxylic acid groups (broad SMARTS) is 1. The van der Waals surface area contributed by atoms with Gasteiger partial charge in [0.25, 0.3) is 0 Å². The summed E-state index contributed by atoms with van der Waals surface area (Å²) in [6, 6.07) is 7.70. The highest BCUT2D eigenvalue weighted by Gasteiger charge is 2.37. The van der Waals surface area contributed by atoms with Gasteiger partial charge in [-0.05, 0) is 104 Å². The highest BCUT2D eigenvalue weighted by molar-refractivity contribution is 7.07. The first kappa shape index (κ1) is 25.9. The molecule has 0 bridgehead atoms. The van der Waals surface area contributed by atoms with Crippen LogP contribution < -0.4 is 4.74 Å². The highest BCUT2D eigenvalue weighted by atomic mass is 35.5. The first-order valence-corrected chi connectivity index (χ1v) is 13.5. The molecule has 0 spiro atoms. The summed E-state index contributed by atoms with van der Waals surface area (Å²) in [5, 5.41) is 26.3. The number of piperidine rings is 1. The van der Waals surface area contributed by atoms with Gasteiger partial charge in [0.05, 0.1) is 30.2 Å². The fourth-order valence-corrected chi connectivity index (χ4v) is 6.23. The van der Waals surface area contributed by atoms with Crippen molar-refractivity contribution in [3.63, 3.8) is 0 Å². The number of benzene rings is 1. The Balaban J connectivity index is 1.40. The highest BCUT2D eigenvalue weighted by Crippen LogP contribution is 2.43. The predicted octanol–water partition coefficient (Wildman–Crippen LogP) is 5.96. The molecule has 188 valence electrons. The van der Waals surface area contributed by atoms with Crippen LogP contribution in [0.25, 0.3) is 10.9 Å². The number of pyridine rings is 1. The fourth-order valence-electron chi connectivity index (χ4n) is 5.25. The van der Waals surface area contributed by atoms with Gasteiger partial charge in [-0.3, -0.25) is 9.78 Å². The molecule has 1 atom stereocenters. The van der Waals surface area contributed by atoms with E-state index >= 15 is 0 Å². The van der Waals surface area contributed by atoms with E-state index in [1.165, 1.54) is 5.56 Å². The smallest absolute Gasteiger partial charge is 0.303 e. The third-order valence-electron chi connectivity index (χ3n) is 7.31. The monoisotopic (exact) mass is 516 g/mol. The Labute approximate surface area is 215 Å². The lowest BCUT2D eigenvalue weighted by Gasteiger charge is -2.41. The number of rotatable bonds is 11. The standard InChI is InChI=1S/C27H33ClN2O4S/c1-34-20-4-5-23-21(15-20)26(22(28)17-29-23)24(31)6-8-27(16-25(32)33)9-12-30(13-10-27)11-2-3-19-7-14-35-18-19/h4-5,7,14-15,17-18,24,31H,2-3,6,8-13,16H2,1H3,(H,32,33)/t24-/m0/s1. The Morgan fingerprint density at radius 3 is 2.80 bits per heavy atom. The average molecular weight is 517 g/mol. The van der Waals surface area contributed by atoms with Gasteiger partial charge in [0.1, 0.15) is 5.75 Å². The maximum Gasteiger partial charge on any atom is 0.303 e. The summed E-state index contributed by atoms with van der Waals surface area (Å²) < 4.78 is 5.35. The zero-order valence-electron chi connectivity index (χ0n) is 20.1. The SMILES string of the molecule is COc1ccc2ncc(Cl)c([C@@H](O)CCC3(CC(=O)O)CCN(CCCc4ccsc4)CC3)c2c1. The summed E-state index contributed by atoms with van der Waals surface area (Å²) in [6.07, 6.45) is 5.80. The van der Waals surface area contributed by atoms with Gasteiger partial charge < -0.3 is 19.8 Å². The molecule has 0 amide bonds. The molecule has 6 nitrogen and oxygen atoms in total. The summed E-state index contributed by atoms with van der Waals surface area (Å²) in [4.78, 5) is 18.6. The van der Waals surface area contributed by atoms with Crippen molar-refractivity contribution in [3.05, 3.63) is 57.4 Å². The number of carboxylic acids is 1. The topological polar surface area (TPSA) is 82.9 Å². The number of carbonyl (C=O) groups is 1. The number of ether oxygens (including phenoxy) is 1. The van der Waals surface area contributed by atoms with Crippen molar-refractivity contribution >= 4 is 39.8 Å². The molecular weight excluding hydrogens is 484 g/mol. The normalized spacial score (nSPS) is 16.9. The second kappa shape index (κ2) is 11.7. The molecule has 35 heavy (non-hydrogen) atoms. The molecule has 4 rings (SSSR count). The molecule has 1 fully saturated rings. The molecule has 1 saturated heterocycles. The molecule has 1 aliphatic rings. The van der Waals surface area contributed by atoms with E-state index < -0.39 is 12.1 Å². The summed E-state index contributed by atoms with van der Waals surface area (Å²) in [6.45, 7) is 2.81. The number of fused-ring (bicyclic) bond motifs is 1. The number of nitrogens with zero attached hydrogens (tertiary/aromatic N) is 2. The quantitative estimate of drug-likeness (QED) is 0.327. The third kappa shape index (κ3) is 6.53. The number of hydrogen-bond acceptors (Lipinski definition) is 6. The zero-order chi connectivity index (χ0) is 24.8. The van der Waals surface area contributed by atoms with Crippen LogP contribution in [0.15, 0.2) is 41.2 Å². The Morgan fingerprint density at radius 2 is 2.11 bits per heavy atom. The van der Waals surface area contributed by atoms with Crippen molar-refractivity contribution in [1.82, 2.24) is 9.88 Å². The van der Waals surface area contributed by atoms with Crippen LogP contribution in [0.5, 0.6) is 5.75 Å². The molecule has 8 heteroatoms. The predicted molar refractivity (Wildman–Crippen MR) is 140 cm³/mol. The van der Waals surface area contributed by atoms with Crippen LogP contribution in [0.2, 0.25) is 5.02 Å². The molecule has 0 saturated carbocycles. The number of aryl methyl sites for hydroxylation is 1. The van der Waals surface area contributed by atoms with Crippen LogP contribution >= 0.6 is 22.9 Å². The maximum absolute atomic E-state index is 11.8. The number of halogens is 1. The Kier molecular flexibility index (Phi) is 8.65.